The summed E-state index contributed by atoms with van der Waals surface area (Å²) in [5.74, 6) is 1.91. The highest BCUT2D eigenvalue weighted by Crippen LogP contribution is 2.20. The Bertz CT molecular complexity index is 711. The summed E-state index contributed by atoms with van der Waals surface area (Å²) in [6.07, 6.45) is 1.70. The minimum atomic E-state index is 0.478. The van der Waals surface area contributed by atoms with Gasteiger partial charge in [0.05, 0.1) is 17.2 Å². The molecule has 2 aromatic heterocycles. The Labute approximate surface area is 104 Å². The fourth-order valence-electron chi connectivity index (χ4n) is 2.03. The number of rotatable bonds is 2. The summed E-state index contributed by atoms with van der Waals surface area (Å²) < 4.78 is 7.39. The average Bonchev–Trinajstić information content (AvgIpc) is 2.86. The van der Waals surface area contributed by atoms with Gasteiger partial charge < -0.3 is 14.7 Å². The smallest absolute Gasteiger partial charge is 0.214 e. The molecule has 0 fully saturated rings. The number of benzene rings is 1. The molecule has 0 aliphatic rings. The van der Waals surface area contributed by atoms with Crippen LogP contribution in [0.3, 0.4) is 0 Å². The lowest BCUT2D eigenvalue weighted by atomic mass is 10.2. The van der Waals surface area contributed by atoms with Gasteiger partial charge in [-0.25, -0.2) is 9.97 Å². The summed E-state index contributed by atoms with van der Waals surface area (Å²) in [4.78, 5) is 8.52. The molecule has 1 aromatic carbocycles. The van der Waals surface area contributed by atoms with Gasteiger partial charge in [-0.2, -0.15) is 0 Å². The van der Waals surface area contributed by atoms with Gasteiger partial charge in [-0.3, -0.25) is 0 Å². The molecule has 92 valence electrons. The van der Waals surface area contributed by atoms with Gasteiger partial charge in [0, 0.05) is 0 Å². The highest BCUT2D eigenvalue weighted by molar-refractivity contribution is 5.79. The Balaban J connectivity index is 2.10. The van der Waals surface area contributed by atoms with Crippen LogP contribution >= 0.6 is 0 Å². The van der Waals surface area contributed by atoms with Gasteiger partial charge >= 0.3 is 0 Å². The van der Waals surface area contributed by atoms with Crippen molar-refractivity contribution in [3.63, 3.8) is 0 Å². The largest absolute Gasteiger partial charge is 0.444 e. The van der Waals surface area contributed by atoms with Crippen LogP contribution in [0.25, 0.3) is 11.0 Å². The highest BCUT2D eigenvalue weighted by Gasteiger charge is 2.11. The first kappa shape index (κ1) is 10.8. The molecule has 5 nitrogen and oxygen atoms in total. The number of aromatic nitrogens is 3. The van der Waals surface area contributed by atoms with Crippen molar-refractivity contribution in [3.05, 3.63) is 41.6 Å². The summed E-state index contributed by atoms with van der Waals surface area (Å²) in [6.45, 7) is 4.41. The number of nitrogens with zero attached hydrogens (tertiary/aromatic N) is 3. The lowest BCUT2D eigenvalue weighted by Crippen LogP contribution is -2.04. The van der Waals surface area contributed by atoms with Gasteiger partial charge in [0.1, 0.15) is 12.3 Å². The van der Waals surface area contributed by atoms with Crippen molar-refractivity contribution in [2.24, 2.45) is 0 Å². The molecule has 0 unspecified atom stereocenters. The molecule has 0 atom stereocenters. The van der Waals surface area contributed by atoms with Crippen LogP contribution in [0.1, 0.15) is 17.2 Å². The molecule has 0 amide bonds. The molecule has 0 spiro atoms. The number of hydrogen-bond donors (Lipinski definition) is 1. The van der Waals surface area contributed by atoms with Crippen LogP contribution in [-0.2, 0) is 6.54 Å². The third kappa shape index (κ3) is 1.73. The van der Waals surface area contributed by atoms with Crippen molar-refractivity contribution < 1.29 is 4.42 Å². The summed E-state index contributed by atoms with van der Waals surface area (Å²) >= 11 is 0. The molecule has 5 heteroatoms. The molecular weight excluding hydrogens is 228 g/mol. The molecule has 2 heterocycles. The summed E-state index contributed by atoms with van der Waals surface area (Å²) in [6, 6.07) is 6.06. The Morgan fingerprint density at radius 2 is 2.17 bits per heavy atom. The average molecular weight is 242 g/mol. The number of nitrogen functional groups attached to an aromatic ring is 1. The molecule has 0 aliphatic carbocycles. The molecule has 3 aromatic rings. The van der Waals surface area contributed by atoms with Crippen LogP contribution < -0.4 is 5.73 Å². The van der Waals surface area contributed by atoms with Crippen molar-refractivity contribution in [1.29, 1.82) is 0 Å². The topological polar surface area (TPSA) is 69.9 Å². The molecule has 0 radical (unpaired) electrons. The zero-order valence-electron chi connectivity index (χ0n) is 10.3. The first-order chi connectivity index (χ1) is 8.63. The van der Waals surface area contributed by atoms with Crippen LogP contribution in [0.15, 0.2) is 28.8 Å². The predicted octanol–water partition coefficient (Wildman–Crippen LogP) is 2.27. The normalized spacial score (nSPS) is 11.2. The number of hydrogen-bond acceptors (Lipinski definition) is 4. The first-order valence-electron chi connectivity index (χ1n) is 5.77. The summed E-state index contributed by atoms with van der Waals surface area (Å²) in [7, 11) is 0. The zero-order chi connectivity index (χ0) is 12.7. The molecule has 0 bridgehead atoms. The maximum Gasteiger partial charge on any atom is 0.214 e. The monoisotopic (exact) mass is 242 g/mol. The molecular formula is C13H14N4O. The number of anilines is 1. The second-order valence-corrected chi connectivity index (χ2v) is 4.41. The van der Waals surface area contributed by atoms with Gasteiger partial charge in [0.15, 0.2) is 0 Å². The standard InChI is InChI=1S/C13H14N4O/c1-8-3-4-10-11(5-8)17(13(14)16-10)7-12-15-6-9(2)18-12/h3-6H,7H2,1-2H3,(H2,14,16). The predicted molar refractivity (Wildman–Crippen MR) is 69.2 cm³/mol. The lowest BCUT2D eigenvalue weighted by Gasteiger charge is -2.03. The van der Waals surface area contributed by atoms with E-state index in [-0.39, 0.29) is 0 Å². The van der Waals surface area contributed by atoms with E-state index < -0.39 is 0 Å². The van der Waals surface area contributed by atoms with Gasteiger partial charge in [0.25, 0.3) is 0 Å². The quantitative estimate of drug-likeness (QED) is 0.748. The van der Waals surface area contributed by atoms with E-state index in [0.717, 1.165) is 16.8 Å². The van der Waals surface area contributed by atoms with Gasteiger partial charge in [-0.1, -0.05) is 6.07 Å². The van der Waals surface area contributed by atoms with Gasteiger partial charge in [-0.05, 0) is 31.5 Å². The van der Waals surface area contributed by atoms with Gasteiger partial charge in [-0.15, -0.1) is 0 Å². The first-order valence-corrected chi connectivity index (χ1v) is 5.77. The number of nitrogens with two attached hydrogens (primary N) is 1. The second kappa shape index (κ2) is 3.87. The van der Waals surface area contributed by atoms with E-state index in [1.54, 1.807) is 6.20 Å². The molecule has 18 heavy (non-hydrogen) atoms. The van der Waals surface area contributed by atoms with E-state index >= 15 is 0 Å². The third-order valence-corrected chi connectivity index (χ3v) is 2.90. The van der Waals surface area contributed by atoms with E-state index in [2.05, 4.69) is 16.0 Å². The van der Waals surface area contributed by atoms with Crippen LogP contribution in [0, 0.1) is 13.8 Å². The Hall–Kier alpha value is -2.30. The molecule has 0 saturated heterocycles. The molecule has 0 aliphatic heterocycles. The summed E-state index contributed by atoms with van der Waals surface area (Å²) in [5, 5.41) is 0. The van der Waals surface area contributed by atoms with Crippen molar-refractivity contribution in [1.82, 2.24) is 14.5 Å². The maximum atomic E-state index is 5.94. The van der Waals surface area contributed by atoms with Gasteiger partial charge in [0.2, 0.25) is 11.8 Å². The van der Waals surface area contributed by atoms with Crippen LogP contribution in [-0.4, -0.2) is 14.5 Å². The number of imidazole rings is 1. The number of aryl methyl sites for hydroxylation is 2. The fourth-order valence-corrected chi connectivity index (χ4v) is 2.03. The van der Waals surface area contributed by atoms with Crippen LogP contribution in [0.2, 0.25) is 0 Å². The SMILES string of the molecule is Cc1ccc2nc(N)n(Cc3ncc(C)o3)c2c1. The second-order valence-electron chi connectivity index (χ2n) is 4.41. The minimum absolute atomic E-state index is 0.478. The molecule has 3 rings (SSSR count). The fraction of sp³-hybridized carbons (Fsp3) is 0.231. The summed E-state index contributed by atoms with van der Waals surface area (Å²) in [5.41, 5.74) is 9.01. The van der Waals surface area contributed by atoms with E-state index in [0.29, 0.717) is 18.4 Å². The van der Waals surface area contributed by atoms with Crippen molar-refractivity contribution in [2.75, 3.05) is 5.73 Å². The molecule has 2 N–H and O–H groups in total. The van der Waals surface area contributed by atoms with E-state index in [1.165, 1.54) is 5.56 Å². The van der Waals surface area contributed by atoms with E-state index in [1.807, 2.05) is 30.5 Å². The van der Waals surface area contributed by atoms with Crippen molar-refractivity contribution in [2.45, 2.75) is 20.4 Å². The van der Waals surface area contributed by atoms with E-state index in [9.17, 15) is 0 Å². The lowest BCUT2D eigenvalue weighted by molar-refractivity contribution is 0.461. The third-order valence-electron chi connectivity index (χ3n) is 2.90. The van der Waals surface area contributed by atoms with Crippen LogP contribution in [0.5, 0.6) is 0 Å². The maximum absolute atomic E-state index is 5.94. The molecule has 0 saturated carbocycles. The minimum Gasteiger partial charge on any atom is -0.444 e. The Kier molecular flexibility index (Phi) is 2.33. The number of fused-ring (bicyclic) bond motifs is 1. The Morgan fingerprint density at radius 3 is 2.89 bits per heavy atom. The Morgan fingerprint density at radius 1 is 1.33 bits per heavy atom. The highest BCUT2D eigenvalue weighted by atomic mass is 16.4. The van der Waals surface area contributed by atoms with Crippen molar-refractivity contribution >= 4 is 17.0 Å². The van der Waals surface area contributed by atoms with Crippen LogP contribution in [0.4, 0.5) is 5.95 Å². The number of oxazole rings is 1. The van der Waals surface area contributed by atoms with Crippen molar-refractivity contribution in [3.8, 4) is 0 Å². The van der Waals surface area contributed by atoms with E-state index in [4.69, 9.17) is 10.2 Å². The zero-order valence-corrected chi connectivity index (χ0v) is 10.3.